The smallest absolute Gasteiger partial charge is 0.339 e. The molecule has 0 saturated carbocycles. The summed E-state index contributed by atoms with van der Waals surface area (Å²) in [5.41, 5.74) is 1.19. The number of amides is 4. The summed E-state index contributed by atoms with van der Waals surface area (Å²) in [7, 11) is 0. The number of urea groups is 1. The number of hydroxylamine groups is 1. The number of nitrogens with one attached hydrogen (secondary N) is 4. The summed E-state index contributed by atoms with van der Waals surface area (Å²) in [6.45, 7) is -0.625. The highest BCUT2D eigenvalue weighted by atomic mass is 32.1. The predicted octanol–water partition coefficient (Wildman–Crippen LogP) is -2.48. The molecule has 0 saturated heterocycles. The fourth-order valence-corrected chi connectivity index (χ4v) is 1.73. The normalized spacial score (nSPS) is 12.4. The van der Waals surface area contributed by atoms with Crippen LogP contribution in [0, 0.1) is 0 Å². The van der Waals surface area contributed by atoms with Crippen LogP contribution in [0.3, 0.4) is 0 Å². The lowest BCUT2D eigenvalue weighted by Gasteiger charge is -2.17. The van der Waals surface area contributed by atoms with Crippen molar-refractivity contribution < 1.29 is 39.4 Å². The summed E-state index contributed by atoms with van der Waals surface area (Å²) in [4.78, 5) is 55.5. The van der Waals surface area contributed by atoms with Crippen LogP contribution in [-0.4, -0.2) is 69.6 Å². The SMILES string of the molecule is O=C(O)CNC(=O)[C@H](CS)NC(=O)CC[C@H](NC(=O)NO)C(=O)O. The standard InChI is InChI=1S/C11H18N4O8S/c16-7(2-1-5(10(20)21)14-11(22)15-23)13-6(4-24)9(19)12-3-8(17)18/h5-6,23-24H,1-4H2,(H,12,19)(H,13,16)(H,17,18)(H,20,21)(H2,14,15,22)/t5-,6-/m0/s1. The molecule has 4 amide bonds. The zero-order valence-corrected chi connectivity index (χ0v) is 13.2. The lowest BCUT2D eigenvalue weighted by Crippen LogP contribution is -2.49. The molecule has 0 unspecified atom stereocenters. The van der Waals surface area contributed by atoms with Gasteiger partial charge in [0.05, 0.1) is 0 Å². The molecule has 13 heteroatoms. The third-order valence-corrected chi connectivity index (χ3v) is 2.98. The van der Waals surface area contributed by atoms with Crippen molar-refractivity contribution in [3.63, 3.8) is 0 Å². The van der Waals surface area contributed by atoms with E-state index < -0.39 is 48.4 Å². The molecule has 136 valence electrons. The minimum Gasteiger partial charge on any atom is -0.480 e. The molecular weight excluding hydrogens is 348 g/mol. The highest BCUT2D eigenvalue weighted by Crippen LogP contribution is 2.00. The average molecular weight is 366 g/mol. The first-order valence-electron chi connectivity index (χ1n) is 6.54. The number of rotatable bonds is 10. The molecule has 0 aliphatic carbocycles. The van der Waals surface area contributed by atoms with Crippen LogP contribution in [0.25, 0.3) is 0 Å². The van der Waals surface area contributed by atoms with Crippen molar-refractivity contribution in [1.29, 1.82) is 0 Å². The molecule has 0 fully saturated rings. The average Bonchev–Trinajstić information content (AvgIpc) is 2.53. The number of carbonyl (C=O) groups is 5. The Balaban J connectivity index is 4.47. The molecule has 0 aliphatic rings. The van der Waals surface area contributed by atoms with Gasteiger partial charge in [0.15, 0.2) is 0 Å². The number of hydrogen-bond donors (Lipinski definition) is 8. The number of aliphatic carboxylic acids is 2. The Bertz CT molecular complexity index is 500. The molecule has 0 aliphatic heterocycles. The van der Waals surface area contributed by atoms with E-state index in [9.17, 15) is 24.0 Å². The van der Waals surface area contributed by atoms with Gasteiger partial charge < -0.3 is 26.2 Å². The molecule has 24 heavy (non-hydrogen) atoms. The van der Waals surface area contributed by atoms with Gasteiger partial charge in [-0.2, -0.15) is 12.6 Å². The monoisotopic (exact) mass is 366 g/mol. The summed E-state index contributed by atoms with van der Waals surface area (Å²) < 4.78 is 0. The van der Waals surface area contributed by atoms with Gasteiger partial charge >= 0.3 is 18.0 Å². The molecular formula is C11H18N4O8S. The van der Waals surface area contributed by atoms with Gasteiger partial charge in [0.2, 0.25) is 11.8 Å². The van der Waals surface area contributed by atoms with Crippen LogP contribution in [-0.2, 0) is 19.2 Å². The zero-order chi connectivity index (χ0) is 18.7. The summed E-state index contributed by atoms with van der Waals surface area (Å²) in [6, 6.07) is -3.68. The largest absolute Gasteiger partial charge is 0.480 e. The molecule has 12 nitrogen and oxygen atoms in total. The quantitative estimate of drug-likeness (QED) is 0.118. The molecule has 0 heterocycles. The van der Waals surface area contributed by atoms with E-state index in [1.54, 1.807) is 0 Å². The van der Waals surface area contributed by atoms with E-state index in [-0.39, 0.29) is 18.6 Å². The van der Waals surface area contributed by atoms with Crippen LogP contribution in [0.5, 0.6) is 0 Å². The number of carbonyl (C=O) groups excluding carboxylic acids is 3. The number of carboxylic acids is 2. The third kappa shape index (κ3) is 8.79. The minimum atomic E-state index is -1.43. The van der Waals surface area contributed by atoms with E-state index in [0.29, 0.717) is 0 Å². The van der Waals surface area contributed by atoms with Gasteiger partial charge in [0.25, 0.3) is 0 Å². The Kier molecular flexibility index (Phi) is 9.90. The van der Waals surface area contributed by atoms with Gasteiger partial charge in [-0.15, -0.1) is 0 Å². The minimum absolute atomic E-state index is 0.106. The van der Waals surface area contributed by atoms with E-state index >= 15 is 0 Å². The van der Waals surface area contributed by atoms with Crippen molar-refractivity contribution in [3.05, 3.63) is 0 Å². The lowest BCUT2D eigenvalue weighted by molar-refractivity contribution is -0.139. The first-order chi connectivity index (χ1) is 11.2. The molecule has 0 aromatic heterocycles. The van der Waals surface area contributed by atoms with Gasteiger partial charge in [-0.1, -0.05) is 0 Å². The van der Waals surface area contributed by atoms with E-state index in [4.69, 9.17) is 15.4 Å². The van der Waals surface area contributed by atoms with Crippen LogP contribution in [0.4, 0.5) is 4.79 Å². The Hall–Kier alpha value is -2.54. The molecule has 0 radical (unpaired) electrons. The van der Waals surface area contributed by atoms with E-state index in [1.807, 2.05) is 5.32 Å². The molecule has 0 bridgehead atoms. The number of thiol groups is 1. The fraction of sp³-hybridized carbons (Fsp3) is 0.545. The fourth-order valence-electron chi connectivity index (χ4n) is 1.47. The van der Waals surface area contributed by atoms with Crippen molar-refractivity contribution in [3.8, 4) is 0 Å². The Labute approximate surface area is 141 Å². The van der Waals surface area contributed by atoms with Gasteiger partial charge in [-0.25, -0.2) is 15.1 Å². The van der Waals surface area contributed by atoms with Gasteiger partial charge in [0, 0.05) is 12.2 Å². The second kappa shape index (κ2) is 11.1. The summed E-state index contributed by atoms with van der Waals surface area (Å²) in [5.74, 6) is -4.24. The predicted molar refractivity (Wildman–Crippen MR) is 80.5 cm³/mol. The van der Waals surface area contributed by atoms with Crippen LogP contribution in [0.15, 0.2) is 0 Å². The third-order valence-electron chi connectivity index (χ3n) is 2.61. The second-order valence-electron chi connectivity index (χ2n) is 4.43. The Morgan fingerprint density at radius 3 is 2.08 bits per heavy atom. The first-order valence-corrected chi connectivity index (χ1v) is 7.17. The van der Waals surface area contributed by atoms with Crippen molar-refractivity contribution in [2.24, 2.45) is 0 Å². The lowest BCUT2D eigenvalue weighted by atomic mass is 10.1. The molecule has 0 aromatic carbocycles. The second-order valence-corrected chi connectivity index (χ2v) is 4.79. The maximum Gasteiger partial charge on any atom is 0.339 e. The molecule has 0 rings (SSSR count). The van der Waals surface area contributed by atoms with Crippen LogP contribution in [0.2, 0.25) is 0 Å². The Morgan fingerprint density at radius 1 is 1.00 bits per heavy atom. The van der Waals surface area contributed by atoms with Crippen LogP contribution >= 0.6 is 12.6 Å². The van der Waals surface area contributed by atoms with Crippen molar-refractivity contribution in [2.75, 3.05) is 12.3 Å². The zero-order valence-electron chi connectivity index (χ0n) is 12.3. The first kappa shape index (κ1) is 21.5. The summed E-state index contributed by atoms with van der Waals surface area (Å²) in [6.07, 6.45) is -0.649. The van der Waals surface area contributed by atoms with Crippen LogP contribution < -0.4 is 21.4 Å². The van der Waals surface area contributed by atoms with Gasteiger partial charge in [-0.05, 0) is 6.42 Å². The number of hydrogen-bond acceptors (Lipinski definition) is 7. The van der Waals surface area contributed by atoms with E-state index in [0.717, 1.165) is 0 Å². The Morgan fingerprint density at radius 2 is 1.62 bits per heavy atom. The summed E-state index contributed by atoms with van der Waals surface area (Å²) in [5, 5.41) is 31.9. The van der Waals surface area contributed by atoms with E-state index in [2.05, 4.69) is 23.3 Å². The van der Waals surface area contributed by atoms with Crippen molar-refractivity contribution >= 4 is 42.4 Å². The molecule has 0 aromatic rings. The topological polar surface area (TPSA) is 194 Å². The van der Waals surface area contributed by atoms with E-state index in [1.165, 1.54) is 5.48 Å². The van der Waals surface area contributed by atoms with Gasteiger partial charge in [0.1, 0.15) is 18.6 Å². The maximum atomic E-state index is 11.7. The van der Waals surface area contributed by atoms with Crippen LogP contribution in [0.1, 0.15) is 12.8 Å². The van der Waals surface area contributed by atoms with Crippen molar-refractivity contribution in [1.82, 2.24) is 21.4 Å². The molecule has 0 spiro atoms. The molecule has 7 N–H and O–H groups in total. The highest BCUT2D eigenvalue weighted by molar-refractivity contribution is 7.80. The van der Waals surface area contributed by atoms with Crippen molar-refractivity contribution in [2.45, 2.75) is 24.9 Å². The molecule has 2 atom stereocenters. The number of carboxylic acid groups (broad SMARTS) is 2. The summed E-state index contributed by atoms with van der Waals surface area (Å²) >= 11 is 3.86. The van der Waals surface area contributed by atoms with Gasteiger partial charge in [-0.3, -0.25) is 19.6 Å². The maximum absolute atomic E-state index is 11.7. The highest BCUT2D eigenvalue weighted by Gasteiger charge is 2.23.